The van der Waals surface area contributed by atoms with E-state index in [4.69, 9.17) is 11.6 Å². The van der Waals surface area contributed by atoms with Gasteiger partial charge in [0.25, 0.3) is 0 Å². The molecule has 1 N–H and O–H groups in total. The average molecular weight is 260 g/mol. The van der Waals surface area contributed by atoms with Crippen LogP contribution >= 0.6 is 11.6 Å². The second-order valence-electron chi connectivity index (χ2n) is 4.08. The van der Waals surface area contributed by atoms with Crippen LogP contribution in [0, 0.1) is 5.92 Å². The van der Waals surface area contributed by atoms with Crippen LogP contribution in [-0.2, 0) is 10.8 Å². The molecule has 0 aliphatic rings. The van der Waals surface area contributed by atoms with E-state index in [1.165, 1.54) is 0 Å². The smallest absolute Gasteiger partial charge is 0.0574 e. The van der Waals surface area contributed by atoms with E-state index in [2.05, 4.69) is 19.2 Å². The molecule has 0 fully saturated rings. The van der Waals surface area contributed by atoms with Crippen LogP contribution in [0.15, 0.2) is 29.2 Å². The Labute approximate surface area is 105 Å². The van der Waals surface area contributed by atoms with Gasteiger partial charge in [-0.25, -0.2) is 0 Å². The quantitative estimate of drug-likeness (QED) is 0.881. The van der Waals surface area contributed by atoms with Gasteiger partial charge in [-0.1, -0.05) is 37.6 Å². The van der Waals surface area contributed by atoms with Crippen LogP contribution in [0.1, 0.15) is 13.8 Å². The summed E-state index contributed by atoms with van der Waals surface area (Å²) in [6.07, 6.45) is 0. The van der Waals surface area contributed by atoms with Gasteiger partial charge >= 0.3 is 0 Å². The third-order valence-electron chi connectivity index (χ3n) is 2.59. The lowest BCUT2D eigenvalue weighted by Gasteiger charge is -2.19. The number of benzene rings is 1. The molecule has 0 bridgehead atoms. The third kappa shape index (κ3) is 3.58. The van der Waals surface area contributed by atoms with Crippen molar-refractivity contribution in [3.63, 3.8) is 0 Å². The van der Waals surface area contributed by atoms with Crippen molar-refractivity contribution in [2.45, 2.75) is 24.8 Å². The number of halogens is 1. The highest BCUT2D eigenvalue weighted by Gasteiger charge is 2.16. The van der Waals surface area contributed by atoms with Crippen molar-refractivity contribution >= 4 is 22.4 Å². The molecule has 4 heteroatoms. The van der Waals surface area contributed by atoms with E-state index in [1.54, 1.807) is 6.07 Å². The van der Waals surface area contributed by atoms with Crippen molar-refractivity contribution in [1.82, 2.24) is 5.32 Å². The lowest BCUT2D eigenvalue weighted by atomic mass is 10.1. The zero-order chi connectivity index (χ0) is 12.1. The van der Waals surface area contributed by atoms with Crippen LogP contribution in [0.4, 0.5) is 0 Å². The highest BCUT2D eigenvalue weighted by Crippen LogP contribution is 2.20. The Morgan fingerprint density at radius 3 is 2.50 bits per heavy atom. The van der Waals surface area contributed by atoms with E-state index in [1.807, 2.05) is 25.2 Å². The summed E-state index contributed by atoms with van der Waals surface area (Å²) >= 11 is 6.01. The normalized spacial score (nSPS) is 15.1. The number of hydrogen-bond donors (Lipinski definition) is 1. The molecule has 1 rings (SSSR count). The fourth-order valence-corrected chi connectivity index (χ4v) is 3.46. The topological polar surface area (TPSA) is 29.1 Å². The molecule has 0 spiro atoms. The number of hydrogen-bond acceptors (Lipinski definition) is 2. The Hall–Kier alpha value is -0.380. The zero-order valence-electron chi connectivity index (χ0n) is 9.87. The predicted octanol–water partition coefficient (Wildman–Crippen LogP) is 2.69. The molecule has 2 unspecified atom stereocenters. The molecule has 0 aliphatic carbocycles. The van der Waals surface area contributed by atoms with E-state index < -0.39 is 10.8 Å². The fourth-order valence-electron chi connectivity index (χ4n) is 1.49. The molecule has 2 nitrogen and oxygen atoms in total. The van der Waals surface area contributed by atoms with Crippen molar-refractivity contribution in [3.05, 3.63) is 29.3 Å². The monoisotopic (exact) mass is 259 g/mol. The molecule has 0 aromatic heterocycles. The minimum absolute atomic E-state index is 0.247. The van der Waals surface area contributed by atoms with Gasteiger partial charge in [-0.2, -0.15) is 0 Å². The molecule has 16 heavy (non-hydrogen) atoms. The summed E-state index contributed by atoms with van der Waals surface area (Å²) in [4.78, 5) is 0.727. The Morgan fingerprint density at radius 1 is 1.38 bits per heavy atom. The summed E-state index contributed by atoms with van der Waals surface area (Å²) in [5.74, 6) is 1.05. The number of nitrogens with one attached hydrogen (secondary N) is 1. The fraction of sp³-hybridized carbons (Fsp3) is 0.500. The second-order valence-corrected chi connectivity index (χ2v) is 5.95. The molecule has 0 radical (unpaired) electrons. The van der Waals surface area contributed by atoms with Gasteiger partial charge in [-0.3, -0.25) is 4.21 Å². The molecule has 0 saturated heterocycles. The Morgan fingerprint density at radius 2 is 2.00 bits per heavy atom. The molecule has 1 aromatic carbocycles. The van der Waals surface area contributed by atoms with Crippen LogP contribution in [0.3, 0.4) is 0 Å². The standard InChI is InChI=1S/C12H18ClNOS/c1-9(2)11(14-3)8-16(15)12-7-5-4-6-10(12)13/h4-7,9,11,14H,8H2,1-3H3. The molecule has 0 amide bonds. The molecule has 2 atom stereocenters. The minimum atomic E-state index is -1.04. The first-order valence-electron chi connectivity index (χ1n) is 5.36. The maximum atomic E-state index is 12.1. The zero-order valence-corrected chi connectivity index (χ0v) is 11.4. The first-order chi connectivity index (χ1) is 7.56. The summed E-state index contributed by atoms with van der Waals surface area (Å²) in [7, 11) is 0.857. The van der Waals surface area contributed by atoms with Crippen LogP contribution in [-0.4, -0.2) is 23.1 Å². The Bertz CT molecular complexity index is 368. The van der Waals surface area contributed by atoms with Gasteiger partial charge in [-0.15, -0.1) is 0 Å². The van der Waals surface area contributed by atoms with E-state index in [9.17, 15) is 4.21 Å². The van der Waals surface area contributed by atoms with Gasteiger partial charge in [-0.05, 0) is 25.1 Å². The van der Waals surface area contributed by atoms with Gasteiger partial charge in [0.1, 0.15) is 0 Å². The van der Waals surface area contributed by atoms with Crippen LogP contribution in [0.25, 0.3) is 0 Å². The molecule has 0 saturated carbocycles. The summed E-state index contributed by atoms with van der Waals surface area (Å²) < 4.78 is 12.1. The van der Waals surface area contributed by atoms with Crippen LogP contribution in [0.5, 0.6) is 0 Å². The van der Waals surface area contributed by atoms with Crippen molar-refractivity contribution < 1.29 is 4.21 Å². The maximum absolute atomic E-state index is 12.1. The first kappa shape index (κ1) is 13.7. The summed E-state index contributed by atoms with van der Waals surface area (Å²) in [5, 5.41) is 3.77. The largest absolute Gasteiger partial charge is 0.316 e. The van der Waals surface area contributed by atoms with Crippen LogP contribution in [0.2, 0.25) is 5.02 Å². The van der Waals surface area contributed by atoms with Crippen molar-refractivity contribution in [3.8, 4) is 0 Å². The molecule has 1 aromatic rings. The second kappa shape index (κ2) is 6.38. The molecule has 0 heterocycles. The summed E-state index contributed by atoms with van der Waals surface area (Å²) in [6.45, 7) is 4.23. The predicted molar refractivity (Wildman–Crippen MR) is 70.4 cm³/mol. The third-order valence-corrected chi connectivity index (χ3v) is 4.54. The van der Waals surface area contributed by atoms with Gasteiger partial charge in [0.05, 0.1) is 20.7 Å². The highest BCUT2D eigenvalue weighted by atomic mass is 35.5. The van der Waals surface area contributed by atoms with E-state index in [0.717, 1.165) is 4.90 Å². The van der Waals surface area contributed by atoms with E-state index >= 15 is 0 Å². The molecular weight excluding hydrogens is 242 g/mol. The van der Waals surface area contributed by atoms with E-state index in [0.29, 0.717) is 16.7 Å². The van der Waals surface area contributed by atoms with Crippen molar-refractivity contribution in [2.24, 2.45) is 5.92 Å². The molecule has 90 valence electrons. The highest BCUT2D eigenvalue weighted by molar-refractivity contribution is 7.85. The Kier molecular flexibility index (Phi) is 5.46. The van der Waals surface area contributed by atoms with Crippen molar-refractivity contribution in [1.29, 1.82) is 0 Å². The van der Waals surface area contributed by atoms with Crippen LogP contribution < -0.4 is 5.32 Å². The summed E-state index contributed by atoms with van der Waals surface area (Å²) in [5.41, 5.74) is 0. The molecule has 0 aliphatic heterocycles. The molecular formula is C12H18ClNOS. The minimum Gasteiger partial charge on any atom is -0.316 e. The van der Waals surface area contributed by atoms with Gasteiger partial charge in [0.2, 0.25) is 0 Å². The average Bonchev–Trinajstić information content (AvgIpc) is 2.25. The number of rotatable bonds is 5. The summed E-state index contributed by atoms with van der Waals surface area (Å²) in [6, 6.07) is 7.56. The SMILES string of the molecule is CNC(CS(=O)c1ccccc1Cl)C(C)C. The maximum Gasteiger partial charge on any atom is 0.0574 e. The van der Waals surface area contributed by atoms with Gasteiger partial charge in [0, 0.05) is 11.8 Å². The lowest BCUT2D eigenvalue weighted by molar-refractivity contribution is 0.462. The van der Waals surface area contributed by atoms with E-state index in [-0.39, 0.29) is 6.04 Å². The van der Waals surface area contributed by atoms with Gasteiger partial charge < -0.3 is 5.32 Å². The van der Waals surface area contributed by atoms with Crippen molar-refractivity contribution in [2.75, 3.05) is 12.8 Å². The first-order valence-corrected chi connectivity index (χ1v) is 7.06. The Balaban J connectivity index is 2.76. The lowest BCUT2D eigenvalue weighted by Crippen LogP contribution is -2.35. The van der Waals surface area contributed by atoms with Gasteiger partial charge in [0.15, 0.2) is 0 Å².